The van der Waals surface area contributed by atoms with Gasteiger partial charge in [-0.05, 0) is 55.9 Å². The van der Waals surface area contributed by atoms with Gasteiger partial charge >= 0.3 is 0 Å². The Morgan fingerprint density at radius 3 is 2.54 bits per heavy atom. The first-order valence-corrected chi connectivity index (χ1v) is 10.8. The maximum absolute atomic E-state index is 12.8. The van der Waals surface area contributed by atoms with E-state index in [-0.39, 0.29) is 16.8 Å². The van der Waals surface area contributed by atoms with E-state index in [1.54, 1.807) is 12.1 Å². The molecule has 2 rings (SSSR count). The third-order valence-electron chi connectivity index (χ3n) is 4.55. The number of carbonyl (C=O) groups is 1. The van der Waals surface area contributed by atoms with Crippen LogP contribution in [0.2, 0.25) is 5.02 Å². The third-order valence-corrected chi connectivity index (χ3v) is 6.71. The molecule has 1 unspecified atom stereocenters. The Labute approximate surface area is 161 Å². The van der Waals surface area contributed by atoms with Gasteiger partial charge in [-0.15, -0.1) is 0 Å². The van der Waals surface area contributed by atoms with Gasteiger partial charge in [-0.1, -0.05) is 25.4 Å². The van der Waals surface area contributed by atoms with E-state index in [2.05, 4.69) is 5.32 Å². The molecule has 1 amide bonds. The molecule has 1 heterocycles. The van der Waals surface area contributed by atoms with Crippen LogP contribution in [0.5, 0.6) is 0 Å². The molecular formula is C18H28ClN3O3S. The van der Waals surface area contributed by atoms with Crippen LogP contribution in [-0.2, 0) is 14.8 Å². The highest BCUT2D eigenvalue weighted by atomic mass is 35.5. The van der Waals surface area contributed by atoms with Gasteiger partial charge in [0.1, 0.15) is 0 Å². The molecule has 0 aliphatic carbocycles. The summed E-state index contributed by atoms with van der Waals surface area (Å²) >= 11 is 5.84. The van der Waals surface area contributed by atoms with Gasteiger partial charge in [0, 0.05) is 24.2 Å². The molecule has 0 spiro atoms. The minimum absolute atomic E-state index is 0.0499. The lowest BCUT2D eigenvalue weighted by Crippen LogP contribution is -2.46. The maximum Gasteiger partial charge on any atom is 0.243 e. The Morgan fingerprint density at radius 1 is 1.27 bits per heavy atom. The molecule has 146 valence electrons. The second kappa shape index (κ2) is 9.17. The van der Waals surface area contributed by atoms with Crippen LogP contribution in [0.1, 0.15) is 39.5 Å². The number of rotatable bonds is 6. The molecule has 8 heteroatoms. The van der Waals surface area contributed by atoms with Crippen molar-refractivity contribution in [3.63, 3.8) is 0 Å². The standard InChI is InChI=1S/C18H28ClN3O3S/c1-13(2)12-17(20)18(23)21-15-4-3-10-22(11-9-15)26(24,25)16-7-5-14(19)6-8-16/h5-8,13,15,17H,3-4,9-12,20H2,1-2H3,(H,21,23)/t15?,17-/m0/s1. The molecule has 0 aromatic heterocycles. The molecule has 6 nitrogen and oxygen atoms in total. The summed E-state index contributed by atoms with van der Waals surface area (Å²) in [6.45, 7) is 4.86. The van der Waals surface area contributed by atoms with Crippen molar-refractivity contribution in [3.05, 3.63) is 29.3 Å². The maximum atomic E-state index is 12.8. The van der Waals surface area contributed by atoms with E-state index in [9.17, 15) is 13.2 Å². The second-order valence-corrected chi connectivity index (χ2v) is 9.60. The van der Waals surface area contributed by atoms with E-state index in [0.717, 1.165) is 6.42 Å². The lowest BCUT2D eigenvalue weighted by molar-refractivity contribution is -0.123. The van der Waals surface area contributed by atoms with Crippen molar-refractivity contribution >= 4 is 27.5 Å². The molecule has 1 saturated heterocycles. The predicted molar refractivity (Wildman–Crippen MR) is 103 cm³/mol. The highest BCUT2D eigenvalue weighted by molar-refractivity contribution is 7.89. The van der Waals surface area contributed by atoms with Crippen LogP contribution in [0.15, 0.2) is 29.2 Å². The van der Waals surface area contributed by atoms with Gasteiger partial charge in [-0.25, -0.2) is 8.42 Å². The summed E-state index contributed by atoms with van der Waals surface area (Å²) in [6, 6.07) is 5.62. The number of sulfonamides is 1. The van der Waals surface area contributed by atoms with Crippen LogP contribution >= 0.6 is 11.6 Å². The molecule has 1 aromatic carbocycles. The quantitative estimate of drug-likeness (QED) is 0.765. The van der Waals surface area contributed by atoms with Crippen LogP contribution in [0.4, 0.5) is 0 Å². The Morgan fingerprint density at radius 2 is 1.92 bits per heavy atom. The van der Waals surface area contributed by atoms with Crippen molar-refractivity contribution in [1.29, 1.82) is 0 Å². The fourth-order valence-electron chi connectivity index (χ4n) is 3.13. The molecule has 2 atom stereocenters. The summed E-state index contributed by atoms with van der Waals surface area (Å²) in [5.74, 6) is 0.197. The van der Waals surface area contributed by atoms with Crippen LogP contribution in [0.3, 0.4) is 0 Å². The number of nitrogens with one attached hydrogen (secondary N) is 1. The molecule has 1 aromatic rings. The van der Waals surface area contributed by atoms with E-state index in [1.165, 1.54) is 16.4 Å². The summed E-state index contributed by atoms with van der Waals surface area (Å²) in [5.41, 5.74) is 5.93. The zero-order valence-corrected chi connectivity index (χ0v) is 16.9. The Balaban J connectivity index is 1.97. The van der Waals surface area contributed by atoms with E-state index >= 15 is 0 Å². The summed E-state index contributed by atoms with van der Waals surface area (Å²) in [4.78, 5) is 12.4. The van der Waals surface area contributed by atoms with E-state index in [1.807, 2.05) is 13.8 Å². The minimum Gasteiger partial charge on any atom is -0.352 e. The van der Waals surface area contributed by atoms with Crippen molar-refractivity contribution in [2.24, 2.45) is 11.7 Å². The van der Waals surface area contributed by atoms with E-state index in [0.29, 0.717) is 43.3 Å². The Bertz CT molecular complexity index is 707. The number of hydrogen-bond acceptors (Lipinski definition) is 4. The molecule has 1 fully saturated rings. The smallest absolute Gasteiger partial charge is 0.243 e. The minimum atomic E-state index is -3.55. The van der Waals surface area contributed by atoms with E-state index in [4.69, 9.17) is 17.3 Å². The molecule has 0 bridgehead atoms. The number of nitrogens with two attached hydrogens (primary N) is 1. The summed E-state index contributed by atoms with van der Waals surface area (Å²) < 4.78 is 27.1. The van der Waals surface area contributed by atoms with Crippen molar-refractivity contribution in [2.45, 2.75) is 56.5 Å². The monoisotopic (exact) mass is 401 g/mol. The molecule has 1 aliphatic rings. The van der Waals surface area contributed by atoms with Gasteiger partial charge in [0.2, 0.25) is 15.9 Å². The average Bonchev–Trinajstić information content (AvgIpc) is 2.80. The van der Waals surface area contributed by atoms with Crippen LogP contribution in [0.25, 0.3) is 0 Å². The predicted octanol–water partition coefficient (Wildman–Crippen LogP) is 2.37. The van der Waals surface area contributed by atoms with Crippen molar-refractivity contribution < 1.29 is 13.2 Å². The zero-order valence-electron chi connectivity index (χ0n) is 15.3. The van der Waals surface area contributed by atoms with Gasteiger partial charge in [0.25, 0.3) is 0 Å². The van der Waals surface area contributed by atoms with Crippen LogP contribution in [-0.4, -0.2) is 43.8 Å². The fraction of sp³-hybridized carbons (Fsp3) is 0.611. The molecular weight excluding hydrogens is 374 g/mol. The Hall–Kier alpha value is -1.15. The number of benzene rings is 1. The van der Waals surface area contributed by atoms with Gasteiger partial charge in [0.05, 0.1) is 10.9 Å². The van der Waals surface area contributed by atoms with Crippen LogP contribution in [0, 0.1) is 5.92 Å². The highest BCUT2D eigenvalue weighted by Gasteiger charge is 2.28. The number of amides is 1. The van der Waals surface area contributed by atoms with Gasteiger partial charge in [-0.3, -0.25) is 4.79 Å². The molecule has 3 N–H and O–H groups in total. The first-order valence-electron chi connectivity index (χ1n) is 9.02. The van der Waals surface area contributed by atoms with E-state index < -0.39 is 16.1 Å². The largest absolute Gasteiger partial charge is 0.352 e. The molecule has 0 saturated carbocycles. The van der Waals surface area contributed by atoms with Crippen molar-refractivity contribution in [2.75, 3.05) is 13.1 Å². The van der Waals surface area contributed by atoms with Crippen molar-refractivity contribution in [3.8, 4) is 0 Å². The van der Waals surface area contributed by atoms with Crippen LogP contribution < -0.4 is 11.1 Å². The first kappa shape index (κ1) is 21.2. The number of halogens is 1. The highest BCUT2D eigenvalue weighted by Crippen LogP contribution is 2.22. The summed E-state index contributed by atoms with van der Waals surface area (Å²) in [6.07, 6.45) is 2.65. The Kier molecular flexibility index (Phi) is 7.46. The van der Waals surface area contributed by atoms with Gasteiger partial charge in [0.15, 0.2) is 0 Å². The number of nitrogens with zero attached hydrogens (tertiary/aromatic N) is 1. The normalized spacial score (nSPS) is 20.6. The molecule has 26 heavy (non-hydrogen) atoms. The average molecular weight is 402 g/mol. The summed E-state index contributed by atoms with van der Waals surface area (Å²) in [7, 11) is -3.55. The molecule has 0 radical (unpaired) electrons. The lowest BCUT2D eigenvalue weighted by atomic mass is 10.0. The van der Waals surface area contributed by atoms with Gasteiger partial charge in [-0.2, -0.15) is 4.31 Å². The summed E-state index contributed by atoms with van der Waals surface area (Å²) in [5, 5.41) is 3.48. The SMILES string of the molecule is CC(C)C[C@H](N)C(=O)NC1CCCN(S(=O)(=O)c2ccc(Cl)cc2)CC1. The number of carbonyl (C=O) groups excluding carboxylic acids is 1. The molecule has 1 aliphatic heterocycles. The lowest BCUT2D eigenvalue weighted by Gasteiger charge is -2.22. The zero-order chi connectivity index (χ0) is 19.3. The van der Waals surface area contributed by atoms with Gasteiger partial charge < -0.3 is 11.1 Å². The number of hydrogen-bond donors (Lipinski definition) is 2. The van der Waals surface area contributed by atoms with Crippen molar-refractivity contribution in [1.82, 2.24) is 9.62 Å². The third kappa shape index (κ3) is 5.67. The fourth-order valence-corrected chi connectivity index (χ4v) is 4.75. The topological polar surface area (TPSA) is 92.5 Å². The second-order valence-electron chi connectivity index (χ2n) is 7.23. The first-order chi connectivity index (χ1) is 12.2.